The third-order valence-electron chi connectivity index (χ3n) is 2.28. The van der Waals surface area contributed by atoms with E-state index < -0.39 is 11.3 Å². The first-order valence-electron chi connectivity index (χ1n) is 5.14. The van der Waals surface area contributed by atoms with Gasteiger partial charge in [-0.15, -0.1) is 12.6 Å². The minimum Gasteiger partial charge on any atom is -0.494 e. The number of carbonyl (C=O) groups is 1. The van der Waals surface area contributed by atoms with Crippen LogP contribution in [-0.2, 0) is 4.79 Å². The molecule has 0 aliphatic rings. The molecule has 1 atom stereocenters. The zero-order chi connectivity index (χ0) is 12.4. The monoisotopic (exact) mass is 269 g/mol. The highest BCUT2D eigenvalue weighted by molar-refractivity contribution is 7.81. The summed E-state index contributed by atoms with van der Waals surface area (Å²) < 4.78 is 6.67. The van der Waals surface area contributed by atoms with Crippen molar-refractivity contribution in [2.45, 2.75) is 12.3 Å². The van der Waals surface area contributed by atoms with Crippen molar-refractivity contribution in [3.05, 3.63) is 24.4 Å². The zero-order valence-electron chi connectivity index (χ0n) is 9.91. The molecule has 4 N–H and O–H groups in total. The second-order valence-corrected chi connectivity index (χ2v) is 3.96. The normalized spacial score (nSPS) is 11.9. The number of rotatable bonds is 4. The van der Waals surface area contributed by atoms with E-state index in [2.05, 4.69) is 17.7 Å². The van der Waals surface area contributed by atoms with Crippen molar-refractivity contribution in [3.63, 3.8) is 0 Å². The quantitative estimate of drug-likeness (QED) is 0.738. The number of carboxylic acid groups (broad SMARTS) is 1. The Morgan fingerprint density at radius 3 is 2.94 bits per heavy atom. The van der Waals surface area contributed by atoms with Crippen LogP contribution in [0.2, 0.25) is 0 Å². The van der Waals surface area contributed by atoms with Crippen molar-refractivity contribution < 1.29 is 14.6 Å². The number of hydrogen-bond donors (Lipinski definition) is 3. The summed E-state index contributed by atoms with van der Waals surface area (Å²) in [6, 6.07) is 5.42. The third-order valence-corrected chi connectivity index (χ3v) is 2.73. The van der Waals surface area contributed by atoms with Gasteiger partial charge in [0.2, 0.25) is 0 Å². The first kappa shape index (κ1) is 14.3. The van der Waals surface area contributed by atoms with Crippen LogP contribution < -0.4 is 10.9 Å². The molecule has 0 radical (unpaired) electrons. The smallest absolute Gasteiger partial charge is 0.338 e. The van der Waals surface area contributed by atoms with Crippen molar-refractivity contribution >= 4 is 29.5 Å². The molecule has 1 aromatic carbocycles. The number of thiol groups is 1. The molecule has 0 amide bonds. The molecule has 0 aliphatic carbocycles. The van der Waals surface area contributed by atoms with Gasteiger partial charge in [0, 0.05) is 11.6 Å². The summed E-state index contributed by atoms with van der Waals surface area (Å²) in [4.78, 5) is 10.8. The van der Waals surface area contributed by atoms with Gasteiger partial charge in [-0.2, -0.15) is 5.10 Å². The predicted octanol–water partition coefficient (Wildman–Crippen LogP) is 2.11. The molecule has 1 unspecified atom stereocenters. The molecule has 6 nitrogen and oxygen atoms in total. The third kappa shape index (κ3) is 2.74. The first-order valence-corrected chi connectivity index (χ1v) is 5.66. The van der Waals surface area contributed by atoms with Gasteiger partial charge in [0.1, 0.15) is 5.75 Å². The number of hydrogen-bond acceptors (Lipinski definition) is 5. The van der Waals surface area contributed by atoms with Gasteiger partial charge >= 0.3 is 5.97 Å². The van der Waals surface area contributed by atoms with E-state index in [0.717, 1.165) is 11.1 Å². The molecule has 1 aromatic heterocycles. The maximum Gasteiger partial charge on any atom is 0.338 e. The van der Waals surface area contributed by atoms with Gasteiger partial charge in [0.05, 0.1) is 12.1 Å². The Kier molecular flexibility index (Phi) is 4.57. The van der Waals surface area contributed by atoms with Crippen molar-refractivity contribution in [2.24, 2.45) is 0 Å². The van der Waals surface area contributed by atoms with Gasteiger partial charge in [-0.1, -0.05) is 0 Å². The lowest BCUT2D eigenvalue weighted by atomic mass is 10.2. The molecular formula is C11H15N3O3S. The van der Waals surface area contributed by atoms with Crippen LogP contribution in [0, 0.1) is 0 Å². The van der Waals surface area contributed by atoms with Gasteiger partial charge < -0.3 is 16.0 Å². The summed E-state index contributed by atoms with van der Waals surface area (Å²) in [6.45, 7) is 2.49. The number of benzene rings is 1. The topological polar surface area (TPSA) is 99.4 Å². The van der Waals surface area contributed by atoms with Gasteiger partial charge in [-0.25, -0.2) is 9.48 Å². The Morgan fingerprint density at radius 1 is 1.61 bits per heavy atom. The van der Waals surface area contributed by atoms with Crippen LogP contribution in [0.3, 0.4) is 0 Å². The largest absolute Gasteiger partial charge is 0.494 e. The van der Waals surface area contributed by atoms with Crippen LogP contribution in [0.4, 0.5) is 0 Å². The molecule has 0 saturated heterocycles. The van der Waals surface area contributed by atoms with Crippen LogP contribution in [0.5, 0.6) is 5.75 Å². The lowest BCUT2D eigenvalue weighted by Gasteiger charge is -2.03. The van der Waals surface area contributed by atoms with Crippen molar-refractivity contribution in [2.75, 3.05) is 6.61 Å². The summed E-state index contributed by atoms with van der Waals surface area (Å²) in [6.07, 6.45) is 1.64. The van der Waals surface area contributed by atoms with Crippen LogP contribution in [0.1, 0.15) is 12.3 Å². The summed E-state index contributed by atoms with van der Waals surface area (Å²) in [5.74, 6) is -0.295. The van der Waals surface area contributed by atoms with E-state index in [1.165, 1.54) is 4.68 Å². The molecule has 0 aliphatic heterocycles. The Morgan fingerprint density at radius 2 is 2.33 bits per heavy atom. The highest BCUT2D eigenvalue weighted by Gasteiger charge is 2.15. The molecule has 0 saturated carbocycles. The van der Waals surface area contributed by atoms with Crippen LogP contribution in [-0.4, -0.2) is 27.5 Å². The number of carboxylic acids is 1. The maximum absolute atomic E-state index is 10.8. The highest BCUT2D eigenvalue weighted by Crippen LogP contribution is 2.22. The number of aliphatic carboxylic acids is 1. The number of nitrogens with zero attached hydrogens (tertiary/aromatic N) is 2. The average molecular weight is 269 g/mol. The van der Waals surface area contributed by atoms with Crippen molar-refractivity contribution in [3.8, 4) is 5.75 Å². The van der Waals surface area contributed by atoms with E-state index >= 15 is 0 Å². The molecule has 0 fully saturated rings. The van der Waals surface area contributed by atoms with Gasteiger partial charge in [-0.05, 0) is 25.1 Å². The lowest BCUT2D eigenvalue weighted by Crippen LogP contribution is -2.13. The second-order valence-electron chi connectivity index (χ2n) is 3.47. The Bertz CT molecular complexity index is 555. The van der Waals surface area contributed by atoms with E-state index in [-0.39, 0.29) is 6.15 Å². The average Bonchev–Trinajstić information content (AvgIpc) is 2.71. The SMILES string of the molecule is CCOc1ccc2nn(C(S)C(=O)O)cc2c1.N. The Hall–Kier alpha value is -1.73. The zero-order valence-corrected chi connectivity index (χ0v) is 10.8. The van der Waals surface area contributed by atoms with Crippen LogP contribution in [0.15, 0.2) is 24.4 Å². The number of aromatic nitrogens is 2. The van der Waals surface area contributed by atoms with E-state index in [9.17, 15) is 4.79 Å². The van der Waals surface area contributed by atoms with E-state index in [1.54, 1.807) is 18.3 Å². The molecule has 1 heterocycles. The molecule has 98 valence electrons. The van der Waals surface area contributed by atoms with E-state index in [4.69, 9.17) is 9.84 Å². The first-order chi connectivity index (χ1) is 8.11. The van der Waals surface area contributed by atoms with Crippen molar-refractivity contribution in [1.29, 1.82) is 0 Å². The fraction of sp³-hybridized carbons (Fsp3) is 0.273. The molecule has 2 aromatic rings. The predicted molar refractivity (Wildman–Crippen MR) is 71.6 cm³/mol. The summed E-state index contributed by atoms with van der Waals surface area (Å²) in [5.41, 5.74) is 0.716. The molecule has 7 heteroatoms. The lowest BCUT2D eigenvalue weighted by molar-refractivity contribution is -0.138. The van der Waals surface area contributed by atoms with Gasteiger partial charge in [0.15, 0.2) is 5.37 Å². The van der Waals surface area contributed by atoms with Crippen molar-refractivity contribution in [1.82, 2.24) is 15.9 Å². The van der Waals surface area contributed by atoms with E-state index in [1.807, 2.05) is 13.0 Å². The van der Waals surface area contributed by atoms with Gasteiger partial charge in [0.25, 0.3) is 0 Å². The number of fused-ring (bicyclic) bond motifs is 1. The minimum atomic E-state index is -1.04. The highest BCUT2D eigenvalue weighted by atomic mass is 32.1. The summed E-state index contributed by atoms with van der Waals surface area (Å²) >= 11 is 3.96. The molecule has 0 bridgehead atoms. The van der Waals surface area contributed by atoms with Crippen LogP contribution >= 0.6 is 12.6 Å². The van der Waals surface area contributed by atoms with Gasteiger partial charge in [-0.3, -0.25) is 0 Å². The standard InChI is InChI=1S/C11H12N2O3S.H3N/c1-2-16-8-3-4-9-7(5-8)6-13(12-9)10(17)11(14)15;/h3-6,10,17H,2H2,1H3,(H,14,15);1H3. The Labute approximate surface area is 110 Å². The maximum atomic E-state index is 10.8. The second kappa shape index (κ2) is 5.74. The molecule has 0 spiro atoms. The Balaban J connectivity index is 0.00000162. The van der Waals surface area contributed by atoms with E-state index in [0.29, 0.717) is 12.1 Å². The van der Waals surface area contributed by atoms with Crippen LogP contribution in [0.25, 0.3) is 10.9 Å². The number of ether oxygens (including phenoxy) is 1. The summed E-state index contributed by atoms with van der Waals surface area (Å²) in [7, 11) is 0. The fourth-order valence-electron chi connectivity index (χ4n) is 1.52. The molecular weight excluding hydrogens is 254 g/mol. The molecule has 2 rings (SSSR count). The summed E-state index contributed by atoms with van der Waals surface area (Å²) in [5, 5.41) is 12.8. The molecule has 18 heavy (non-hydrogen) atoms. The minimum absolute atomic E-state index is 0. The fourth-order valence-corrected chi connectivity index (χ4v) is 1.64.